The Morgan fingerprint density at radius 1 is 0.929 bits per heavy atom. The van der Waals surface area contributed by atoms with Crippen molar-refractivity contribution in [3.05, 3.63) is 101 Å². The first kappa shape index (κ1) is 17.9. The second-order valence-corrected chi connectivity index (χ2v) is 6.53. The van der Waals surface area contributed by atoms with Crippen LogP contribution in [0.15, 0.2) is 90.3 Å². The van der Waals surface area contributed by atoms with Crippen molar-refractivity contribution in [3.63, 3.8) is 0 Å². The quantitative estimate of drug-likeness (QED) is 0.434. The Morgan fingerprint density at radius 3 is 2.43 bits per heavy atom. The lowest BCUT2D eigenvalue weighted by Gasteiger charge is -2.06. The molecular formula is C22H17ClN4O. The Labute approximate surface area is 167 Å². The molecule has 6 heteroatoms. The largest absolute Gasteiger partial charge is 0.489 e. The van der Waals surface area contributed by atoms with Crippen molar-refractivity contribution in [2.75, 3.05) is 0 Å². The molecule has 0 radical (unpaired) electrons. The smallest absolute Gasteiger partial charge is 0.184 e. The molecule has 0 aliphatic carbocycles. The summed E-state index contributed by atoms with van der Waals surface area (Å²) in [5, 5.41) is 13.3. The Hall–Kier alpha value is -3.44. The lowest BCUT2D eigenvalue weighted by molar-refractivity contribution is 0.306. The van der Waals surface area contributed by atoms with E-state index in [1.165, 1.54) is 0 Å². The molecule has 1 heterocycles. The summed E-state index contributed by atoms with van der Waals surface area (Å²) in [6.45, 7) is 0.492. The zero-order valence-electron chi connectivity index (χ0n) is 14.9. The van der Waals surface area contributed by atoms with Crippen LogP contribution < -0.4 is 4.74 Å². The van der Waals surface area contributed by atoms with E-state index in [1.807, 2.05) is 78.9 Å². The van der Waals surface area contributed by atoms with Crippen LogP contribution in [-0.4, -0.2) is 21.1 Å². The molecule has 0 spiro atoms. The van der Waals surface area contributed by atoms with Gasteiger partial charge < -0.3 is 4.74 Å². The Balaban J connectivity index is 1.41. The van der Waals surface area contributed by atoms with E-state index in [4.69, 9.17) is 16.3 Å². The molecular weight excluding hydrogens is 372 g/mol. The van der Waals surface area contributed by atoms with Crippen molar-refractivity contribution in [1.29, 1.82) is 0 Å². The highest BCUT2D eigenvalue weighted by atomic mass is 35.5. The van der Waals surface area contributed by atoms with Crippen molar-refractivity contribution >= 4 is 17.8 Å². The third-order valence-corrected chi connectivity index (χ3v) is 4.34. The van der Waals surface area contributed by atoms with Gasteiger partial charge in [-0.25, -0.2) is 0 Å². The van der Waals surface area contributed by atoms with Crippen molar-refractivity contribution < 1.29 is 4.74 Å². The summed E-state index contributed by atoms with van der Waals surface area (Å²) in [6, 6.07) is 25.2. The van der Waals surface area contributed by atoms with Gasteiger partial charge in [0, 0.05) is 10.6 Å². The number of ether oxygens (including phenoxy) is 1. The van der Waals surface area contributed by atoms with E-state index >= 15 is 0 Å². The molecule has 5 nitrogen and oxygen atoms in total. The number of nitrogens with zero attached hydrogens (tertiary/aromatic N) is 4. The zero-order chi connectivity index (χ0) is 19.2. The fourth-order valence-corrected chi connectivity index (χ4v) is 2.74. The standard InChI is InChI=1S/C22H17ClN4O/c23-20-10-6-18(7-11-20)15-28-21-12-8-17(9-13-21)14-25-27-16-24-26-22(27)19-4-2-1-3-5-19/h1-14,16H,15H2/b25-14-. The van der Waals surface area contributed by atoms with Crippen LogP contribution >= 0.6 is 11.6 Å². The maximum absolute atomic E-state index is 5.89. The summed E-state index contributed by atoms with van der Waals surface area (Å²) in [5.41, 5.74) is 2.98. The molecule has 28 heavy (non-hydrogen) atoms. The summed E-state index contributed by atoms with van der Waals surface area (Å²) in [7, 11) is 0. The minimum absolute atomic E-state index is 0.492. The topological polar surface area (TPSA) is 52.3 Å². The van der Waals surface area contributed by atoms with E-state index in [-0.39, 0.29) is 0 Å². The highest BCUT2D eigenvalue weighted by Gasteiger charge is 2.05. The van der Waals surface area contributed by atoms with Crippen LogP contribution in [-0.2, 0) is 6.61 Å². The Bertz CT molecular complexity index is 1060. The average molecular weight is 389 g/mol. The summed E-state index contributed by atoms with van der Waals surface area (Å²) in [5.74, 6) is 1.49. The van der Waals surface area contributed by atoms with Gasteiger partial charge in [0.2, 0.25) is 0 Å². The van der Waals surface area contributed by atoms with Gasteiger partial charge in [0.15, 0.2) is 5.82 Å². The van der Waals surface area contributed by atoms with Gasteiger partial charge in [-0.05, 0) is 47.5 Å². The minimum atomic E-state index is 0.492. The maximum atomic E-state index is 5.89. The Kier molecular flexibility index (Phi) is 5.45. The number of benzene rings is 3. The second-order valence-electron chi connectivity index (χ2n) is 6.09. The molecule has 138 valence electrons. The fraction of sp³-hybridized carbons (Fsp3) is 0.0455. The van der Waals surface area contributed by atoms with Crippen LogP contribution in [0.5, 0.6) is 5.75 Å². The highest BCUT2D eigenvalue weighted by molar-refractivity contribution is 6.30. The van der Waals surface area contributed by atoms with Crippen molar-refractivity contribution in [1.82, 2.24) is 14.9 Å². The molecule has 0 saturated heterocycles. The molecule has 0 fully saturated rings. The molecule has 0 saturated carbocycles. The SMILES string of the molecule is Clc1ccc(COc2ccc(/C=N\n3cnnc3-c3ccccc3)cc2)cc1. The first-order chi connectivity index (χ1) is 13.8. The lowest BCUT2D eigenvalue weighted by atomic mass is 10.2. The van der Waals surface area contributed by atoms with Crippen LogP contribution in [0.2, 0.25) is 5.02 Å². The highest BCUT2D eigenvalue weighted by Crippen LogP contribution is 2.17. The van der Waals surface area contributed by atoms with Gasteiger partial charge >= 0.3 is 0 Å². The van der Waals surface area contributed by atoms with E-state index in [9.17, 15) is 0 Å². The summed E-state index contributed by atoms with van der Waals surface area (Å²) < 4.78 is 7.45. The average Bonchev–Trinajstić information content (AvgIpc) is 3.22. The summed E-state index contributed by atoms with van der Waals surface area (Å²) in [4.78, 5) is 0. The van der Waals surface area contributed by atoms with Gasteiger partial charge in [0.05, 0.1) is 6.21 Å². The predicted molar refractivity (Wildman–Crippen MR) is 111 cm³/mol. The summed E-state index contributed by atoms with van der Waals surface area (Å²) in [6.07, 6.45) is 3.35. The van der Waals surface area contributed by atoms with E-state index in [0.717, 1.165) is 27.5 Å². The van der Waals surface area contributed by atoms with Gasteiger partial charge in [-0.15, -0.1) is 10.2 Å². The number of rotatable bonds is 6. The first-order valence-electron chi connectivity index (χ1n) is 8.75. The van der Waals surface area contributed by atoms with E-state index < -0.39 is 0 Å². The molecule has 0 unspecified atom stereocenters. The summed E-state index contributed by atoms with van der Waals surface area (Å²) >= 11 is 5.89. The van der Waals surface area contributed by atoms with Gasteiger partial charge in [-0.1, -0.05) is 54.1 Å². The van der Waals surface area contributed by atoms with E-state index in [2.05, 4.69) is 15.3 Å². The second kappa shape index (κ2) is 8.50. The van der Waals surface area contributed by atoms with E-state index in [1.54, 1.807) is 17.2 Å². The van der Waals surface area contributed by atoms with Crippen LogP contribution in [0.25, 0.3) is 11.4 Å². The minimum Gasteiger partial charge on any atom is -0.489 e. The molecule has 0 bridgehead atoms. The number of halogens is 1. The molecule has 0 N–H and O–H groups in total. The molecule has 3 aromatic carbocycles. The van der Waals surface area contributed by atoms with Gasteiger partial charge in [-0.2, -0.15) is 9.78 Å². The molecule has 0 aliphatic heterocycles. The van der Waals surface area contributed by atoms with Crippen LogP contribution in [0, 0.1) is 0 Å². The van der Waals surface area contributed by atoms with Gasteiger partial charge in [-0.3, -0.25) is 0 Å². The molecule has 0 atom stereocenters. The number of hydrogen-bond donors (Lipinski definition) is 0. The number of hydrogen-bond acceptors (Lipinski definition) is 4. The van der Waals surface area contributed by atoms with Crippen LogP contribution in [0.1, 0.15) is 11.1 Å². The third kappa shape index (κ3) is 4.45. The third-order valence-electron chi connectivity index (χ3n) is 4.09. The normalized spacial score (nSPS) is 11.0. The van der Waals surface area contributed by atoms with Crippen molar-refractivity contribution in [2.45, 2.75) is 6.61 Å². The molecule has 4 rings (SSSR count). The van der Waals surface area contributed by atoms with Crippen molar-refractivity contribution in [2.24, 2.45) is 5.10 Å². The first-order valence-corrected chi connectivity index (χ1v) is 9.13. The molecule has 0 aliphatic rings. The zero-order valence-corrected chi connectivity index (χ0v) is 15.7. The van der Waals surface area contributed by atoms with E-state index in [0.29, 0.717) is 12.4 Å². The molecule has 4 aromatic rings. The van der Waals surface area contributed by atoms with Gasteiger partial charge in [0.25, 0.3) is 0 Å². The lowest BCUT2D eigenvalue weighted by Crippen LogP contribution is -1.96. The molecule has 1 aromatic heterocycles. The van der Waals surface area contributed by atoms with Crippen LogP contribution in [0.4, 0.5) is 0 Å². The Morgan fingerprint density at radius 2 is 1.68 bits per heavy atom. The molecule has 0 amide bonds. The van der Waals surface area contributed by atoms with Crippen molar-refractivity contribution in [3.8, 4) is 17.1 Å². The van der Waals surface area contributed by atoms with Gasteiger partial charge in [0.1, 0.15) is 18.7 Å². The van der Waals surface area contributed by atoms with Crippen LogP contribution in [0.3, 0.4) is 0 Å². The monoisotopic (exact) mass is 388 g/mol. The maximum Gasteiger partial charge on any atom is 0.184 e. The predicted octanol–water partition coefficient (Wildman–Crippen LogP) is 5.06. The number of aromatic nitrogens is 3. The fourth-order valence-electron chi connectivity index (χ4n) is 2.62.